The summed E-state index contributed by atoms with van der Waals surface area (Å²) in [6.45, 7) is 4.91. The average Bonchev–Trinajstić information content (AvgIpc) is 2.77. The highest BCUT2D eigenvalue weighted by Crippen LogP contribution is 2.30. The highest BCUT2D eigenvalue weighted by Gasteiger charge is 2.26. The number of hydrogen-bond acceptors (Lipinski definition) is 4. The molecule has 0 N–H and O–H groups in total. The molecule has 1 saturated heterocycles. The molecule has 0 spiro atoms. The van der Waals surface area contributed by atoms with Crippen LogP contribution in [0.4, 0.5) is 5.69 Å². The van der Waals surface area contributed by atoms with Crippen molar-refractivity contribution in [2.75, 3.05) is 26.2 Å². The molecule has 0 saturated carbocycles. The Morgan fingerprint density at radius 2 is 1.31 bits per heavy atom. The topological polar surface area (TPSA) is 49.6 Å². The maximum Gasteiger partial charge on any atom is 0.269 e. The zero-order valence-electron chi connectivity index (χ0n) is 16.4. The Morgan fingerprint density at radius 3 is 1.90 bits per heavy atom. The molecule has 5 nitrogen and oxygen atoms in total. The zero-order valence-corrected chi connectivity index (χ0v) is 16.4. The van der Waals surface area contributed by atoms with E-state index in [4.69, 9.17) is 0 Å². The smallest absolute Gasteiger partial charge is 0.269 e. The second kappa shape index (κ2) is 8.99. The van der Waals surface area contributed by atoms with Crippen LogP contribution in [-0.2, 0) is 6.54 Å². The van der Waals surface area contributed by atoms with E-state index in [9.17, 15) is 10.1 Å². The van der Waals surface area contributed by atoms with Gasteiger partial charge in [-0.15, -0.1) is 0 Å². The molecule has 5 heteroatoms. The predicted molar refractivity (Wildman–Crippen MR) is 115 cm³/mol. The molecule has 0 aromatic heterocycles. The van der Waals surface area contributed by atoms with Gasteiger partial charge in [0.2, 0.25) is 0 Å². The lowest BCUT2D eigenvalue weighted by Gasteiger charge is -2.39. The summed E-state index contributed by atoms with van der Waals surface area (Å²) in [6, 6.07) is 28.1. The van der Waals surface area contributed by atoms with E-state index in [2.05, 4.69) is 64.4 Å². The fraction of sp³-hybridized carbons (Fsp3) is 0.250. The van der Waals surface area contributed by atoms with Gasteiger partial charge in [0.15, 0.2) is 0 Å². The summed E-state index contributed by atoms with van der Waals surface area (Å²) < 4.78 is 0. The van der Waals surface area contributed by atoms with Gasteiger partial charge in [-0.3, -0.25) is 19.9 Å². The molecule has 3 aromatic carbocycles. The van der Waals surface area contributed by atoms with Crippen LogP contribution in [0.2, 0.25) is 0 Å². The first-order chi connectivity index (χ1) is 14.2. The second-order valence-corrected chi connectivity index (χ2v) is 7.46. The lowest BCUT2D eigenvalue weighted by molar-refractivity contribution is -0.384. The summed E-state index contributed by atoms with van der Waals surface area (Å²) in [5.41, 5.74) is 3.79. The van der Waals surface area contributed by atoms with Crippen molar-refractivity contribution in [1.82, 2.24) is 9.80 Å². The third kappa shape index (κ3) is 4.70. The van der Waals surface area contributed by atoms with E-state index in [0.717, 1.165) is 38.3 Å². The summed E-state index contributed by atoms with van der Waals surface area (Å²) >= 11 is 0. The fourth-order valence-corrected chi connectivity index (χ4v) is 4.05. The van der Waals surface area contributed by atoms with E-state index in [1.165, 1.54) is 11.1 Å². The zero-order chi connectivity index (χ0) is 20.1. The summed E-state index contributed by atoms with van der Waals surface area (Å²) in [5.74, 6) is 0. The van der Waals surface area contributed by atoms with Crippen LogP contribution >= 0.6 is 0 Å². The molecular weight excluding hydrogens is 362 g/mol. The quantitative estimate of drug-likeness (QED) is 0.461. The largest absolute Gasteiger partial charge is 0.297 e. The number of benzene rings is 3. The van der Waals surface area contributed by atoms with Crippen molar-refractivity contribution in [3.63, 3.8) is 0 Å². The maximum atomic E-state index is 11.0. The van der Waals surface area contributed by atoms with E-state index in [1.807, 2.05) is 18.2 Å². The molecule has 4 rings (SSSR count). The van der Waals surface area contributed by atoms with Gasteiger partial charge in [-0.25, -0.2) is 0 Å². The Labute approximate surface area is 171 Å². The van der Waals surface area contributed by atoms with Crippen molar-refractivity contribution in [1.29, 1.82) is 0 Å². The van der Waals surface area contributed by atoms with Crippen molar-refractivity contribution in [2.24, 2.45) is 0 Å². The lowest BCUT2D eigenvalue weighted by atomic mass is 9.96. The molecule has 3 aromatic rings. The second-order valence-electron chi connectivity index (χ2n) is 7.46. The molecular formula is C24H25N3O2. The van der Waals surface area contributed by atoms with Crippen LogP contribution in [0.15, 0.2) is 84.9 Å². The van der Waals surface area contributed by atoms with Crippen LogP contribution in [0.25, 0.3) is 0 Å². The minimum atomic E-state index is -0.344. The van der Waals surface area contributed by atoms with E-state index in [1.54, 1.807) is 12.1 Å². The number of nitro benzene ring substituents is 1. The van der Waals surface area contributed by atoms with Crippen molar-refractivity contribution in [3.8, 4) is 0 Å². The Hall–Kier alpha value is -3.02. The van der Waals surface area contributed by atoms with Crippen LogP contribution in [0.5, 0.6) is 0 Å². The van der Waals surface area contributed by atoms with E-state index >= 15 is 0 Å². The van der Waals surface area contributed by atoms with Gasteiger partial charge >= 0.3 is 0 Å². The third-order valence-corrected chi connectivity index (χ3v) is 5.56. The number of non-ortho nitro benzene ring substituents is 1. The van der Waals surface area contributed by atoms with Crippen molar-refractivity contribution >= 4 is 5.69 Å². The first-order valence-electron chi connectivity index (χ1n) is 10.0. The molecule has 148 valence electrons. The van der Waals surface area contributed by atoms with Crippen LogP contribution < -0.4 is 0 Å². The van der Waals surface area contributed by atoms with Crippen LogP contribution in [-0.4, -0.2) is 40.9 Å². The van der Waals surface area contributed by atoms with Gasteiger partial charge in [0, 0.05) is 44.9 Å². The molecule has 1 fully saturated rings. The highest BCUT2D eigenvalue weighted by atomic mass is 16.6. The van der Waals surface area contributed by atoms with E-state index < -0.39 is 0 Å². The van der Waals surface area contributed by atoms with Gasteiger partial charge in [-0.05, 0) is 16.7 Å². The molecule has 0 radical (unpaired) electrons. The van der Waals surface area contributed by atoms with Crippen molar-refractivity contribution < 1.29 is 4.92 Å². The average molecular weight is 387 g/mol. The number of hydrogen-bond donors (Lipinski definition) is 0. The van der Waals surface area contributed by atoms with E-state index in [-0.39, 0.29) is 16.7 Å². The molecule has 0 bridgehead atoms. The number of nitro groups is 1. The van der Waals surface area contributed by atoms with Crippen molar-refractivity contribution in [3.05, 3.63) is 112 Å². The monoisotopic (exact) mass is 387 g/mol. The van der Waals surface area contributed by atoms with Gasteiger partial charge in [0.05, 0.1) is 11.0 Å². The molecule has 0 aliphatic carbocycles. The molecule has 29 heavy (non-hydrogen) atoms. The highest BCUT2D eigenvalue weighted by molar-refractivity contribution is 5.38. The lowest BCUT2D eigenvalue weighted by Crippen LogP contribution is -2.47. The Balaban J connectivity index is 1.51. The first kappa shape index (κ1) is 19.3. The molecule has 1 atom stereocenters. The SMILES string of the molecule is O=[N+]([O-])c1ccc(C(c2ccccc2)N2CCN(Cc3ccccc3)CC2)cc1. The Bertz CT molecular complexity index is 921. The molecule has 0 amide bonds. The summed E-state index contributed by atoms with van der Waals surface area (Å²) in [4.78, 5) is 15.7. The van der Waals surface area contributed by atoms with Crippen LogP contribution in [0.3, 0.4) is 0 Å². The van der Waals surface area contributed by atoms with Gasteiger partial charge in [-0.2, -0.15) is 0 Å². The number of nitrogens with zero attached hydrogens (tertiary/aromatic N) is 3. The third-order valence-electron chi connectivity index (χ3n) is 5.56. The van der Waals surface area contributed by atoms with E-state index in [0.29, 0.717) is 0 Å². The molecule has 1 heterocycles. The standard InChI is InChI=1S/C24H25N3O2/c28-27(29)23-13-11-22(12-14-23)24(21-9-5-2-6-10-21)26-17-15-25(16-18-26)19-20-7-3-1-4-8-20/h1-14,24H,15-19H2. The summed E-state index contributed by atoms with van der Waals surface area (Å²) in [6.07, 6.45) is 0. The van der Waals surface area contributed by atoms with Gasteiger partial charge < -0.3 is 0 Å². The minimum Gasteiger partial charge on any atom is -0.297 e. The number of piperazine rings is 1. The summed E-state index contributed by atoms with van der Waals surface area (Å²) in [5, 5.41) is 11.0. The van der Waals surface area contributed by atoms with Gasteiger partial charge in [0.25, 0.3) is 5.69 Å². The normalized spacial score (nSPS) is 16.4. The van der Waals surface area contributed by atoms with Crippen LogP contribution in [0.1, 0.15) is 22.7 Å². The Morgan fingerprint density at radius 1 is 0.759 bits per heavy atom. The minimum absolute atomic E-state index is 0.107. The molecule has 1 aliphatic rings. The van der Waals surface area contributed by atoms with Crippen molar-refractivity contribution in [2.45, 2.75) is 12.6 Å². The molecule has 1 aliphatic heterocycles. The number of rotatable bonds is 6. The summed E-state index contributed by atoms with van der Waals surface area (Å²) in [7, 11) is 0. The first-order valence-corrected chi connectivity index (χ1v) is 10.0. The fourth-order valence-electron chi connectivity index (χ4n) is 4.05. The van der Waals surface area contributed by atoms with Gasteiger partial charge in [0.1, 0.15) is 0 Å². The predicted octanol–water partition coefficient (Wildman–Crippen LogP) is 4.50. The van der Waals surface area contributed by atoms with Crippen LogP contribution in [0, 0.1) is 10.1 Å². The Kier molecular flexibility index (Phi) is 5.98. The van der Waals surface area contributed by atoms with Gasteiger partial charge in [-0.1, -0.05) is 72.8 Å². The molecule has 1 unspecified atom stereocenters. The maximum absolute atomic E-state index is 11.0.